The average molecular weight is 667 g/mol. The van der Waals surface area contributed by atoms with Crippen LogP contribution in [0.15, 0.2) is 41.2 Å². The lowest BCUT2D eigenvalue weighted by atomic mass is 9.59. The maximum Gasteiger partial charge on any atom is 0.354 e. The number of hydrogen-bond acceptors (Lipinski definition) is 8. The van der Waals surface area contributed by atoms with Crippen LogP contribution in [-0.4, -0.2) is 45.0 Å². The van der Waals surface area contributed by atoms with Crippen molar-refractivity contribution in [3.63, 3.8) is 0 Å². The Morgan fingerprint density at radius 3 is 2.41 bits per heavy atom. The lowest BCUT2D eigenvalue weighted by Gasteiger charge is -2.52. The number of rotatable bonds is 12. The molecule has 4 fully saturated rings. The van der Waals surface area contributed by atoms with Gasteiger partial charge in [-0.05, 0) is 75.5 Å². The Morgan fingerprint density at radius 2 is 1.76 bits per heavy atom. The molecule has 0 atom stereocenters. The van der Waals surface area contributed by atoms with E-state index in [1.807, 2.05) is 12.1 Å². The van der Waals surface area contributed by atoms with Crippen molar-refractivity contribution in [1.29, 1.82) is 0 Å². The van der Waals surface area contributed by atoms with Crippen molar-refractivity contribution < 1.29 is 28.6 Å². The van der Waals surface area contributed by atoms with Crippen molar-refractivity contribution in [3.8, 4) is 22.8 Å². The van der Waals surface area contributed by atoms with Crippen LogP contribution in [0, 0.1) is 11.3 Å². The first-order chi connectivity index (χ1) is 22.1. The minimum absolute atomic E-state index is 0.0390. The van der Waals surface area contributed by atoms with Crippen molar-refractivity contribution in [2.24, 2.45) is 11.3 Å². The number of pyridine rings is 2. The van der Waals surface area contributed by atoms with Gasteiger partial charge >= 0.3 is 5.97 Å². The molecule has 0 aliphatic heterocycles. The standard InChI is InChI=1S/C35H37Cl2N3O6/c1-20(2)17-43-29-14-28(33(41)42)39-27-6-5-22(13-23(27)29)44-19-34-7-10-35(11-8-34,12-9-34)45-18-24-31(40-46-32(24)21-3-4-21)30-25(36)15-38-16-26(30)37/h5-6,13-16,20-21H,3-4,7-12,17-19H2,1-2H3,(H,41,42). The van der Waals surface area contributed by atoms with Gasteiger partial charge in [-0.3, -0.25) is 4.98 Å². The number of aromatic nitrogens is 3. The third-order valence-electron chi connectivity index (χ3n) is 9.79. The number of ether oxygens (including phenoxy) is 3. The number of halogens is 2. The van der Waals surface area contributed by atoms with Crippen molar-refractivity contribution in [3.05, 3.63) is 63.7 Å². The molecule has 2 bridgehead atoms. The molecule has 4 aromatic rings. The SMILES string of the molecule is CC(C)COc1cc(C(=O)O)nc2ccc(OCC34CCC(OCc5c(-c6c(Cl)cncc6Cl)noc5C5CC5)(CC3)CC4)cc12. The monoisotopic (exact) mass is 665 g/mol. The van der Waals surface area contributed by atoms with Crippen molar-refractivity contribution in [2.45, 2.75) is 83.3 Å². The molecular weight excluding hydrogens is 629 g/mol. The van der Waals surface area contributed by atoms with Gasteiger partial charge in [0.05, 0.1) is 41.0 Å². The second kappa shape index (κ2) is 12.3. The number of benzene rings is 1. The lowest BCUT2D eigenvalue weighted by molar-refractivity contribution is -0.150. The highest BCUT2D eigenvalue weighted by molar-refractivity contribution is 6.38. The largest absolute Gasteiger partial charge is 0.493 e. The number of nitrogens with zero attached hydrogens (tertiary/aromatic N) is 3. The highest BCUT2D eigenvalue weighted by Crippen LogP contribution is 2.55. The summed E-state index contributed by atoms with van der Waals surface area (Å²) >= 11 is 13.0. The first kappa shape index (κ1) is 31.2. The van der Waals surface area contributed by atoms with Crippen LogP contribution in [0.1, 0.15) is 92.9 Å². The highest BCUT2D eigenvalue weighted by atomic mass is 35.5. The topological polar surface area (TPSA) is 117 Å². The van der Waals surface area contributed by atoms with E-state index < -0.39 is 5.97 Å². The molecule has 0 amide bonds. The summed E-state index contributed by atoms with van der Waals surface area (Å²) in [6, 6.07) is 7.07. The van der Waals surface area contributed by atoms with Crippen molar-refractivity contribution in [1.82, 2.24) is 15.1 Å². The Bertz CT molecular complexity index is 1740. The van der Waals surface area contributed by atoms with E-state index >= 15 is 0 Å². The van der Waals surface area contributed by atoms with Gasteiger partial charge in [0.2, 0.25) is 0 Å². The van der Waals surface area contributed by atoms with Crippen LogP contribution < -0.4 is 9.47 Å². The minimum Gasteiger partial charge on any atom is -0.493 e. The Labute approximate surface area is 277 Å². The molecule has 3 aromatic heterocycles. The van der Waals surface area contributed by atoms with Crippen LogP contribution in [0.3, 0.4) is 0 Å². The second-order valence-corrected chi connectivity index (χ2v) is 14.4. The fraction of sp³-hybridized carbons (Fsp3) is 0.486. The van der Waals surface area contributed by atoms with E-state index in [2.05, 4.69) is 29.0 Å². The van der Waals surface area contributed by atoms with Gasteiger partial charge in [0.15, 0.2) is 5.69 Å². The molecule has 4 aliphatic rings. The number of carbonyl (C=O) groups is 1. The molecule has 0 radical (unpaired) electrons. The Hall–Kier alpha value is -3.40. The zero-order valence-electron chi connectivity index (χ0n) is 26.0. The third kappa shape index (κ3) is 6.17. The van der Waals surface area contributed by atoms with Crippen molar-refractivity contribution >= 4 is 40.1 Å². The van der Waals surface area contributed by atoms with Gasteiger partial charge in [-0.15, -0.1) is 0 Å². The average Bonchev–Trinajstić information content (AvgIpc) is 3.82. The minimum atomic E-state index is -1.09. The summed E-state index contributed by atoms with van der Waals surface area (Å²) in [5.41, 5.74) is 2.64. The van der Waals surface area contributed by atoms with Gasteiger partial charge in [0.1, 0.15) is 23.0 Å². The van der Waals surface area contributed by atoms with Gasteiger partial charge in [-0.2, -0.15) is 0 Å². The molecule has 8 rings (SSSR count). The fourth-order valence-electron chi connectivity index (χ4n) is 6.83. The molecule has 242 valence electrons. The van der Waals surface area contributed by atoms with Crippen LogP contribution >= 0.6 is 23.2 Å². The Balaban J connectivity index is 1.03. The van der Waals surface area contributed by atoms with E-state index in [0.717, 1.165) is 73.8 Å². The Kier molecular flexibility index (Phi) is 8.36. The van der Waals surface area contributed by atoms with Gasteiger partial charge in [0.25, 0.3) is 0 Å². The summed E-state index contributed by atoms with van der Waals surface area (Å²) in [5.74, 6) is 1.68. The van der Waals surface area contributed by atoms with E-state index in [1.165, 1.54) is 6.07 Å². The van der Waals surface area contributed by atoms with E-state index in [-0.39, 0.29) is 16.7 Å². The summed E-state index contributed by atoms with van der Waals surface area (Å²) in [6.07, 6.45) is 11.2. The van der Waals surface area contributed by atoms with Gasteiger partial charge < -0.3 is 23.8 Å². The predicted molar refractivity (Wildman–Crippen MR) is 174 cm³/mol. The van der Waals surface area contributed by atoms with Gasteiger partial charge in [0, 0.05) is 46.3 Å². The van der Waals surface area contributed by atoms with Crippen LogP contribution in [0.5, 0.6) is 11.5 Å². The van der Waals surface area contributed by atoms with Crippen LogP contribution in [-0.2, 0) is 11.3 Å². The predicted octanol–water partition coefficient (Wildman–Crippen LogP) is 8.89. The van der Waals surface area contributed by atoms with Crippen LogP contribution in [0.2, 0.25) is 10.0 Å². The molecule has 4 aliphatic carbocycles. The molecule has 46 heavy (non-hydrogen) atoms. The number of fused-ring (bicyclic) bond motifs is 4. The van der Waals surface area contributed by atoms with E-state index in [4.69, 9.17) is 41.9 Å². The molecular formula is C35H37Cl2N3O6. The van der Waals surface area contributed by atoms with Gasteiger partial charge in [-0.1, -0.05) is 42.2 Å². The molecule has 11 heteroatoms. The first-order valence-corrected chi connectivity index (χ1v) is 16.8. The molecule has 1 N–H and O–H groups in total. The molecule has 3 heterocycles. The number of carboxylic acid groups (broad SMARTS) is 1. The molecule has 0 spiro atoms. The van der Waals surface area contributed by atoms with Crippen molar-refractivity contribution in [2.75, 3.05) is 13.2 Å². The summed E-state index contributed by atoms with van der Waals surface area (Å²) in [7, 11) is 0. The second-order valence-electron chi connectivity index (χ2n) is 13.6. The number of carboxylic acids is 1. The number of aromatic carboxylic acids is 1. The maximum atomic E-state index is 11.6. The molecule has 9 nitrogen and oxygen atoms in total. The van der Waals surface area contributed by atoms with E-state index in [1.54, 1.807) is 18.5 Å². The molecule has 1 aromatic carbocycles. The third-order valence-corrected chi connectivity index (χ3v) is 10.4. The molecule has 0 unspecified atom stereocenters. The summed E-state index contributed by atoms with van der Waals surface area (Å²) < 4.78 is 25.1. The molecule has 0 saturated heterocycles. The zero-order valence-corrected chi connectivity index (χ0v) is 27.5. The quantitative estimate of drug-likeness (QED) is 0.158. The highest BCUT2D eigenvalue weighted by Gasteiger charge is 2.50. The zero-order chi connectivity index (χ0) is 32.1. The molecule has 4 saturated carbocycles. The van der Waals surface area contributed by atoms with E-state index in [0.29, 0.717) is 64.2 Å². The summed E-state index contributed by atoms with van der Waals surface area (Å²) in [4.78, 5) is 20.0. The smallest absolute Gasteiger partial charge is 0.354 e. The Morgan fingerprint density at radius 1 is 1.04 bits per heavy atom. The normalized spacial score (nSPS) is 22.5. The fourth-order valence-corrected chi connectivity index (χ4v) is 7.38. The maximum absolute atomic E-state index is 11.6. The number of hydrogen-bond donors (Lipinski definition) is 1. The lowest BCUT2D eigenvalue weighted by Crippen LogP contribution is -2.49. The summed E-state index contributed by atoms with van der Waals surface area (Å²) in [6.45, 7) is 5.59. The van der Waals surface area contributed by atoms with Crippen LogP contribution in [0.4, 0.5) is 0 Å². The van der Waals surface area contributed by atoms with E-state index in [9.17, 15) is 9.90 Å². The first-order valence-electron chi connectivity index (χ1n) is 16.0. The van der Waals surface area contributed by atoms with Gasteiger partial charge in [-0.25, -0.2) is 9.78 Å². The summed E-state index contributed by atoms with van der Waals surface area (Å²) in [5, 5.41) is 15.6. The van der Waals surface area contributed by atoms with Crippen LogP contribution in [0.25, 0.3) is 22.2 Å².